The molecule has 0 aliphatic rings. The van der Waals surface area contributed by atoms with Crippen molar-refractivity contribution in [2.75, 3.05) is 7.11 Å². The smallest absolute Gasteiger partial charge is 0.346 e. The van der Waals surface area contributed by atoms with Gasteiger partial charge in [-0.25, -0.2) is 14.8 Å². The summed E-state index contributed by atoms with van der Waals surface area (Å²) in [7, 11) is 1.29. The van der Waals surface area contributed by atoms with Crippen LogP contribution >= 0.6 is 11.6 Å². The number of hydrogen-bond donors (Lipinski definition) is 0. The molecule has 0 N–H and O–H groups in total. The van der Waals surface area contributed by atoms with Crippen molar-refractivity contribution in [2.24, 2.45) is 0 Å². The molecule has 6 heteroatoms. The molecule has 14 heavy (non-hydrogen) atoms. The molecule has 0 aliphatic heterocycles. The number of carbonyl (C=O) groups excluding carboxylic acids is 1. The van der Waals surface area contributed by atoms with Crippen LogP contribution in [0.3, 0.4) is 0 Å². The number of halogens is 1. The molecular formula is C8H9ClN2O3. The molecule has 1 rings (SSSR count). The number of ether oxygens (including phenoxy) is 2. The van der Waals surface area contributed by atoms with Gasteiger partial charge in [0.25, 0.3) is 0 Å². The van der Waals surface area contributed by atoms with Crippen LogP contribution in [-0.4, -0.2) is 29.2 Å². The second-order valence-corrected chi connectivity index (χ2v) is 2.85. The lowest BCUT2D eigenvalue weighted by molar-refractivity contribution is -0.148. The van der Waals surface area contributed by atoms with Gasteiger partial charge in [-0.3, -0.25) is 0 Å². The van der Waals surface area contributed by atoms with Gasteiger partial charge in [-0.2, -0.15) is 0 Å². The van der Waals surface area contributed by atoms with Gasteiger partial charge in [0.1, 0.15) is 11.5 Å². The quantitative estimate of drug-likeness (QED) is 0.559. The molecule has 0 radical (unpaired) electrons. The van der Waals surface area contributed by atoms with Gasteiger partial charge in [0.2, 0.25) is 5.88 Å². The van der Waals surface area contributed by atoms with Crippen molar-refractivity contribution in [1.29, 1.82) is 0 Å². The highest BCUT2D eigenvalue weighted by Gasteiger charge is 2.15. The van der Waals surface area contributed by atoms with E-state index < -0.39 is 12.1 Å². The SMILES string of the molecule is COC(=O)C(C)Oc1cc(Cl)ncn1. The molecule has 0 saturated carbocycles. The summed E-state index contributed by atoms with van der Waals surface area (Å²) < 4.78 is 9.61. The van der Waals surface area contributed by atoms with Crippen LogP contribution in [0.15, 0.2) is 12.4 Å². The first-order valence-electron chi connectivity index (χ1n) is 3.85. The summed E-state index contributed by atoms with van der Waals surface area (Å²) in [5.41, 5.74) is 0. The average Bonchev–Trinajstić information content (AvgIpc) is 2.16. The van der Waals surface area contributed by atoms with Crippen LogP contribution in [0, 0.1) is 0 Å². The Labute approximate surface area is 86.0 Å². The van der Waals surface area contributed by atoms with Gasteiger partial charge < -0.3 is 9.47 Å². The van der Waals surface area contributed by atoms with Gasteiger partial charge in [0.15, 0.2) is 6.10 Å². The number of aromatic nitrogens is 2. The first-order valence-corrected chi connectivity index (χ1v) is 4.23. The molecule has 0 bridgehead atoms. The average molecular weight is 217 g/mol. The first kappa shape index (κ1) is 10.7. The van der Waals surface area contributed by atoms with E-state index in [1.807, 2.05) is 0 Å². The van der Waals surface area contributed by atoms with Crippen molar-refractivity contribution in [2.45, 2.75) is 13.0 Å². The van der Waals surface area contributed by atoms with Crippen molar-refractivity contribution >= 4 is 17.6 Å². The van der Waals surface area contributed by atoms with E-state index in [1.54, 1.807) is 6.92 Å². The number of rotatable bonds is 3. The summed E-state index contributed by atoms with van der Waals surface area (Å²) in [6, 6.07) is 1.42. The van der Waals surface area contributed by atoms with Crippen LogP contribution in [0.2, 0.25) is 5.15 Å². The third-order valence-corrected chi connectivity index (χ3v) is 1.65. The van der Waals surface area contributed by atoms with E-state index >= 15 is 0 Å². The molecule has 1 aromatic rings. The summed E-state index contributed by atoms with van der Waals surface area (Å²) in [5, 5.41) is 0.257. The predicted molar refractivity (Wildman–Crippen MR) is 49.1 cm³/mol. The molecule has 0 spiro atoms. The van der Waals surface area contributed by atoms with Gasteiger partial charge >= 0.3 is 5.97 Å². The monoisotopic (exact) mass is 216 g/mol. The fourth-order valence-corrected chi connectivity index (χ4v) is 0.914. The van der Waals surface area contributed by atoms with Gasteiger partial charge in [-0.05, 0) is 6.92 Å². The number of esters is 1. The Balaban J connectivity index is 2.64. The topological polar surface area (TPSA) is 61.3 Å². The van der Waals surface area contributed by atoms with E-state index in [2.05, 4.69) is 14.7 Å². The Hall–Kier alpha value is -1.36. The Morgan fingerprint density at radius 1 is 1.57 bits per heavy atom. The highest BCUT2D eigenvalue weighted by atomic mass is 35.5. The van der Waals surface area contributed by atoms with Crippen LogP contribution in [0.25, 0.3) is 0 Å². The molecule has 1 unspecified atom stereocenters. The number of methoxy groups -OCH3 is 1. The van der Waals surface area contributed by atoms with Crippen LogP contribution in [0.4, 0.5) is 0 Å². The second kappa shape index (κ2) is 4.76. The van der Waals surface area contributed by atoms with Crippen LogP contribution < -0.4 is 4.74 Å². The highest BCUT2D eigenvalue weighted by Crippen LogP contribution is 2.12. The lowest BCUT2D eigenvalue weighted by Gasteiger charge is -2.10. The minimum atomic E-state index is -0.717. The van der Waals surface area contributed by atoms with Gasteiger partial charge in [0, 0.05) is 6.07 Å². The van der Waals surface area contributed by atoms with E-state index in [0.717, 1.165) is 0 Å². The molecule has 0 amide bonds. The fourth-order valence-electron chi connectivity index (χ4n) is 0.777. The van der Waals surface area contributed by atoms with Crippen molar-refractivity contribution in [3.05, 3.63) is 17.5 Å². The van der Waals surface area contributed by atoms with E-state index in [9.17, 15) is 4.79 Å². The van der Waals surface area contributed by atoms with Crippen molar-refractivity contribution in [3.8, 4) is 5.88 Å². The minimum Gasteiger partial charge on any atom is -0.466 e. The minimum absolute atomic E-state index is 0.239. The standard InChI is InChI=1S/C8H9ClN2O3/c1-5(8(12)13-2)14-7-3-6(9)10-4-11-7/h3-5H,1-2H3. The largest absolute Gasteiger partial charge is 0.466 e. The third-order valence-electron chi connectivity index (χ3n) is 1.44. The van der Waals surface area contributed by atoms with E-state index in [4.69, 9.17) is 16.3 Å². The fraction of sp³-hybridized carbons (Fsp3) is 0.375. The molecule has 76 valence electrons. The summed E-state index contributed by atoms with van der Waals surface area (Å²) in [6.45, 7) is 1.56. The zero-order valence-electron chi connectivity index (χ0n) is 7.73. The van der Waals surface area contributed by atoms with Gasteiger partial charge in [-0.1, -0.05) is 11.6 Å². The normalized spacial score (nSPS) is 11.9. The number of nitrogens with zero attached hydrogens (tertiary/aromatic N) is 2. The summed E-state index contributed by atoms with van der Waals surface area (Å²) in [5.74, 6) is -0.234. The van der Waals surface area contributed by atoms with Crippen molar-refractivity contribution < 1.29 is 14.3 Å². The van der Waals surface area contributed by atoms with Crippen LogP contribution in [0.5, 0.6) is 5.88 Å². The molecule has 1 atom stereocenters. The zero-order valence-corrected chi connectivity index (χ0v) is 8.49. The molecule has 5 nitrogen and oxygen atoms in total. The Morgan fingerprint density at radius 3 is 2.86 bits per heavy atom. The Bertz CT molecular complexity index is 332. The Kier molecular flexibility index (Phi) is 3.64. The maximum Gasteiger partial charge on any atom is 0.346 e. The zero-order chi connectivity index (χ0) is 10.6. The van der Waals surface area contributed by atoms with E-state index in [1.165, 1.54) is 19.5 Å². The summed E-state index contributed by atoms with van der Waals surface area (Å²) in [4.78, 5) is 18.4. The summed E-state index contributed by atoms with van der Waals surface area (Å²) in [6.07, 6.45) is 0.535. The van der Waals surface area contributed by atoms with Crippen molar-refractivity contribution in [1.82, 2.24) is 9.97 Å². The maximum atomic E-state index is 11.0. The van der Waals surface area contributed by atoms with Gasteiger partial charge in [0.05, 0.1) is 7.11 Å². The van der Waals surface area contributed by atoms with E-state index in [0.29, 0.717) is 0 Å². The van der Waals surface area contributed by atoms with Crippen molar-refractivity contribution in [3.63, 3.8) is 0 Å². The third kappa shape index (κ3) is 2.85. The lowest BCUT2D eigenvalue weighted by Crippen LogP contribution is -2.25. The Morgan fingerprint density at radius 2 is 2.29 bits per heavy atom. The molecule has 0 saturated heterocycles. The van der Waals surface area contributed by atoms with Crippen LogP contribution in [-0.2, 0) is 9.53 Å². The molecule has 1 aromatic heterocycles. The number of hydrogen-bond acceptors (Lipinski definition) is 5. The highest BCUT2D eigenvalue weighted by molar-refractivity contribution is 6.29. The van der Waals surface area contributed by atoms with Gasteiger partial charge in [-0.15, -0.1) is 0 Å². The molecule has 0 aromatic carbocycles. The maximum absolute atomic E-state index is 11.0. The molecule has 1 heterocycles. The van der Waals surface area contributed by atoms with E-state index in [-0.39, 0.29) is 11.0 Å². The first-order chi connectivity index (χ1) is 6.63. The lowest BCUT2D eigenvalue weighted by atomic mass is 10.4. The predicted octanol–water partition coefficient (Wildman–Crippen LogP) is 1.07. The summed E-state index contributed by atoms with van der Waals surface area (Å²) >= 11 is 5.59. The van der Waals surface area contributed by atoms with Crippen LogP contribution in [0.1, 0.15) is 6.92 Å². The molecule has 0 aliphatic carbocycles. The number of carbonyl (C=O) groups is 1. The second-order valence-electron chi connectivity index (χ2n) is 2.46. The molecular weight excluding hydrogens is 208 g/mol. The molecule has 0 fully saturated rings.